The Balaban J connectivity index is 1.59. The summed E-state index contributed by atoms with van der Waals surface area (Å²) in [5.41, 5.74) is 11.9. The molecule has 11 amide bonds. The molecular formula is C48H70N12O18S2. The number of benzene rings is 1. The number of fused-ring (bicyclic) bond motifs is 4. The van der Waals surface area contributed by atoms with Gasteiger partial charge in [-0.15, -0.1) is 5.06 Å². The molecule has 80 heavy (non-hydrogen) atoms. The van der Waals surface area contributed by atoms with Crippen LogP contribution in [-0.2, 0) is 76.1 Å². The highest BCUT2D eigenvalue weighted by Gasteiger charge is 2.45. The third-order valence-electron chi connectivity index (χ3n) is 13.7. The quantitative estimate of drug-likeness (QED) is 0.0315. The Kier molecular flexibility index (Phi) is 23.7. The van der Waals surface area contributed by atoms with Gasteiger partial charge in [0, 0.05) is 83.9 Å². The number of ether oxygens (including phenoxy) is 1. The number of hydrogen-bond acceptors (Lipinski definition) is 20. The molecule has 4 heterocycles. The molecule has 0 bridgehead atoms. The molecule has 0 saturated carbocycles. The number of methoxy groups -OCH3 is 1. The van der Waals surface area contributed by atoms with Crippen LogP contribution < -0.4 is 53.4 Å². The van der Waals surface area contributed by atoms with Crippen molar-refractivity contribution in [3.63, 3.8) is 0 Å². The van der Waals surface area contributed by atoms with Gasteiger partial charge in [-0.2, -0.15) is 11.8 Å². The zero-order chi connectivity index (χ0) is 59.1. The first kappa shape index (κ1) is 64.0. The molecule has 0 aliphatic carbocycles. The average molecular weight is 1170 g/mol. The van der Waals surface area contributed by atoms with Gasteiger partial charge in [0.05, 0.1) is 63.6 Å². The smallest absolute Gasteiger partial charge is 0.432 e. The maximum Gasteiger partial charge on any atom is 0.432 e. The van der Waals surface area contributed by atoms with Gasteiger partial charge in [0.25, 0.3) is 11.8 Å². The first-order valence-electron chi connectivity index (χ1n) is 25.6. The van der Waals surface area contributed by atoms with Crippen molar-refractivity contribution in [2.24, 2.45) is 23.3 Å². The van der Waals surface area contributed by atoms with Crippen molar-refractivity contribution in [3.8, 4) is 5.75 Å². The zero-order valence-corrected chi connectivity index (χ0v) is 46.0. The number of primary amides is 1. The van der Waals surface area contributed by atoms with E-state index in [0.717, 1.165) is 4.90 Å². The normalized spacial score (nSPS) is 23.7. The lowest BCUT2D eigenvalue weighted by atomic mass is 9.94. The number of amides is 11. The van der Waals surface area contributed by atoms with Gasteiger partial charge >= 0.3 is 6.09 Å². The number of hydroxylamine groups is 2. The van der Waals surface area contributed by atoms with Gasteiger partial charge in [-0.3, -0.25) is 47.9 Å². The molecule has 442 valence electrons. The highest BCUT2D eigenvalue weighted by atomic mass is 32.2. The topological polar surface area (TPSA) is 469 Å². The Morgan fingerprint density at radius 3 is 2.30 bits per heavy atom. The summed E-state index contributed by atoms with van der Waals surface area (Å²) in [4.78, 5) is 155. The van der Waals surface area contributed by atoms with E-state index in [-0.39, 0.29) is 47.9 Å². The number of thioether (sulfide) groups is 1. The van der Waals surface area contributed by atoms with Crippen LogP contribution in [0.25, 0.3) is 10.9 Å². The molecule has 0 radical (unpaired) electrons. The second-order valence-corrected chi connectivity index (χ2v) is 21.9. The number of nitrogens with zero attached hydrogens (tertiary/aromatic N) is 2. The molecule has 2 fully saturated rings. The number of aliphatic hydroxyl groups is 4. The van der Waals surface area contributed by atoms with Crippen LogP contribution in [-0.4, -0.2) is 212 Å². The second-order valence-electron chi connectivity index (χ2n) is 19.3. The fraction of sp³-hybridized carbons (Fsp3) is 0.604. The highest BCUT2D eigenvalue weighted by Crippen LogP contribution is 2.37. The minimum atomic E-state index is -2.44. The number of nitrogens with two attached hydrogens (primary N) is 2. The lowest BCUT2D eigenvalue weighted by Crippen LogP contribution is -2.61. The fourth-order valence-corrected chi connectivity index (χ4v) is 11.3. The van der Waals surface area contributed by atoms with Gasteiger partial charge in [0.15, 0.2) is 6.04 Å². The molecule has 1 aromatic heterocycles. The molecule has 0 spiro atoms. The van der Waals surface area contributed by atoms with Crippen LogP contribution in [0.3, 0.4) is 0 Å². The average Bonchev–Trinajstić information content (AvgIpc) is 4.11. The summed E-state index contributed by atoms with van der Waals surface area (Å²) in [6.45, 7) is 1.31. The first-order chi connectivity index (χ1) is 38.0. The van der Waals surface area contributed by atoms with Crippen LogP contribution in [0.5, 0.6) is 5.75 Å². The summed E-state index contributed by atoms with van der Waals surface area (Å²) in [6, 6.07) is -6.29. The predicted molar refractivity (Wildman–Crippen MR) is 282 cm³/mol. The summed E-state index contributed by atoms with van der Waals surface area (Å²) >= 11 is -1.17. The van der Waals surface area contributed by atoms with Gasteiger partial charge in [-0.25, -0.2) is 4.79 Å². The number of carbonyl (C=O) groups excluding carboxylic acids is 11. The van der Waals surface area contributed by atoms with E-state index in [0.29, 0.717) is 33.7 Å². The Bertz CT molecular complexity index is 2630. The number of aliphatic hydroxyl groups excluding tert-OH is 4. The van der Waals surface area contributed by atoms with E-state index in [2.05, 4.69) is 42.2 Å². The number of aromatic nitrogens is 1. The molecule has 2 aromatic rings. The highest BCUT2D eigenvalue weighted by molar-refractivity contribution is 7.98. The maximum absolute atomic E-state index is 15.1. The third kappa shape index (κ3) is 16.4. The van der Waals surface area contributed by atoms with Crippen LogP contribution in [0, 0.1) is 11.8 Å². The molecule has 32 heteroatoms. The van der Waals surface area contributed by atoms with Gasteiger partial charge in [0.2, 0.25) is 52.3 Å². The number of rotatable bonds is 21. The molecule has 16 N–H and O–H groups in total. The minimum Gasteiger partial charge on any atom is -0.610 e. The summed E-state index contributed by atoms with van der Waals surface area (Å²) in [7, 11) is 1.38. The fourth-order valence-electron chi connectivity index (χ4n) is 9.06. The molecule has 1 aromatic carbocycles. The van der Waals surface area contributed by atoms with Crippen LogP contribution in [0.1, 0.15) is 64.0 Å². The number of imide groups is 1. The molecule has 3 aliphatic rings. The van der Waals surface area contributed by atoms with Gasteiger partial charge in [-0.1, -0.05) is 27.2 Å². The van der Waals surface area contributed by atoms with Crippen LogP contribution in [0.2, 0.25) is 0 Å². The van der Waals surface area contributed by atoms with E-state index in [9.17, 15) is 73.2 Å². The SMILES string of the molecule is CC[C@H](C)[C@@H](NC(=O)CN)C(=O)NCC(=O)N[C@H]1C[S+]([O-])c2[nH]c3c(CSCCNC(=O)ON4C(=O)CCC4=O)c(OC)ccc3c2C[C@@H](CO)NC(=O)[C@H]([C@@H](C)[C@@H](O)CO)NC(=O)[C@H]2C[C@@H](O)CN2C(=O)[C@H](CC(N)=O)NC1=O. The number of H-pyrrole nitrogens is 1. The van der Waals surface area contributed by atoms with Crippen molar-refractivity contribution in [2.75, 3.05) is 58.0 Å². The van der Waals surface area contributed by atoms with E-state index in [4.69, 9.17) is 21.0 Å². The summed E-state index contributed by atoms with van der Waals surface area (Å²) in [6.07, 6.45) is -5.45. The standard InChI is InChI=1S/C48H70N12O18S2/c1-5-22(2)39(56-35(66)15-49)44(72)52-16-36(67)54-30-21-80(76)46-27(26-6-7-33(77-4)28(41(26)58-46)20-79-11-10-51-48(75)78-60-37(68)8-9-38(60)69)12-24(18-61)53-45(73)40(23(3)32(64)19-62)57-43(71)31-13-25(63)17-59(31)47(74)29(14-34(50)65)55-42(30)70/h6-7,22-25,29-32,39-40,58,61-64H,5,8-21,49H2,1-4H3,(H2,50,65)(H,51,75)(H,52,72)(H,53,73)(H,54,67)(H,55,70)(H,56,66)(H,57,71)/t22-,23-,24-,25+,29-,30-,31+,32-,39+,40-,80?/m0/s1. The first-order valence-corrected chi connectivity index (χ1v) is 28.1. The van der Waals surface area contributed by atoms with Gasteiger partial charge in [0.1, 0.15) is 35.7 Å². The molecule has 30 nitrogen and oxygen atoms in total. The van der Waals surface area contributed by atoms with E-state index >= 15 is 4.55 Å². The van der Waals surface area contributed by atoms with Crippen LogP contribution >= 0.6 is 11.8 Å². The predicted octanol–water partition coefficient (Wildman–Crippen LogP) is -5.77. The van der Waals surface area contributed by atoms with Crippen molar-refractivity contribution in [1.82, 2.24) is 52.2 Å². The molecule has 11 atom stereocenters. The van der Waals surface area contributed by atoms with E-state index in [1.54, 1.807) is 26.0 Å². The summed E-state index contributed by atoms with van der Waals surface area (Å²) in [5.74, 6) is -11.2. The summed E-state index contributed by atoms with van der Waals surface area (Å²) < 4.78 is 20.8. The Morgan fingerprint density at radius 1 is 0.975 bits per heavy atom. The van der Waals surface area contributed by atoms with Crippen molar-refractivity contribution in [1.29, 1.82) is 0 Å². The van der Waals surface area contributed by atoms with Crippen molar-refractivity contribution in [2.45, 2.75) is 119 Å². The van der Waals surface area contributed by atoms with Crippen LogP contribution in [0.15, 0.2) is 17.2 Å². The molecule has 2 saturated heterocycles. The number of aromatic amines is 1. The molecule has 1 unspecified atom stereocenters. The van der Waals surface area contributed by atoms with E-state index in [1.165, 1.54) is 25.8 Å². The van der Waals surface area contributed by atoms with Crippen molar-refractivity contribution in [3.05, 3.63) is 23.3 Å². The summed E-state index contributed by atoms with van der Waals surface area (Å²) in [5, 5.41) is 60.2. The Morgan fingerprint density at radius 2 is 1.68 bits per heavy atom. The molecular weight excluding hydrogens is 1100 g/mol. The number of carbonyl (C=O) groups is 11. The minimum absolute atomic E-state index is 0.00872. The van der Waals surface area contributed by atoms with Crippen molar-refractivity contribution >= 4 is 99.0 Å². The third-order valence-corrected chi connectivity index (χ3v) is 16.1. The monoisotopic (exact) mass is 1170 g/mol. The van der Waals surface area contributed by atoms with Gasteiger partial charge < -0.3 is 93.1 Å². The number of hydrogen-bond donors (Lipinski definition) is 14. The van der Waals surface area contributed by atoms with Crippen LogP contribution in [0.4, 0.5) is 4.79 Å². The molecule has 5 rings (SSSR count). The number of nitrogens with one attached hydrogen (secondary N) is 8. The zero-order valence-electron chi connectivity index (χ0n) is 44.4. The maximum atomic E-state index is 15.1. The van der Waals surface area contributed by atoms with Gasteiger partial charge in [-0.05, 0) is 18.1 Å². The lowest BCUT2D eigenvalue weighted by Gasteiger charge is -2.32. The van der Waals surface area contributed by atoms with E-state index in [1.807, 2.05) is 0 Å². The Hall–Kier alpha value is -6.81. The lowest BCUT2D eigenvalue weighted by molar-refractivity contribution is -0.171. The Labute approximate surface area is 465 Å². The van der Waals surface area contributed by atoms with Crippen molar-refractivity contribution < 1.29 is 87.3 Å². The second kappa shape index (κ2) is 29.6. The largest absolute Gasteiger partial charge is 0.610 e. The van der Waals surface area contributed by atoms with E-state index < -0.39 is 188 Å². The molecule has 3 aliphatic heterocycles.